The lowest BCUT2D eigenvalue weighted by molar-refractivity contribution is -0.123. The summed E-state index contributed by atoms with van der Waals surface area (Å²) in [6.45, 7) is 5.50. The van der Waals surface area contributed by atoms with Crippen LogP contribution in [0.1, 0.15) is 38.7 Å². The molecule has 2 atom stereocenters. The summed E-state index contributed by atoms with van der Waals surface area (Å²) in [5.74, 6) is -0.729. The highest BCUT2D eigenvalue weighted by Crippen LogP contribution is 2.30. The molecule has 0 bridgehead atoms. The quantitative estimate of drug-likeness (QED) is 0.887. The van der Waals surface area contributed by atoms with Crippen LogP contribution in [0.5, 0.6) is 5.75 Å². The normalized spacial score (nSPS) is 21.0. The van der Waals surface area contributed by atoms with Crippen LogP contribution in [0.2, 0.25) is 0 Å². The van der Waals surface area contributed by atoms with E-state index in [4.69, 9.17) is 9.47 Å². The van der Waals surface area contributed by atoms with Crippen molar-refractivity contribution in [3.05, 3.63) is 29.6 Å². The topological polar surface area (TPSA) is 76.7 Å². The molecule has 0 radical (unpaired) electrons. The van der Waals surface area contributed by atoms with Crippen molar-refractivity contribution in [3.8, 4) is 5.75 Å². The summed E-state index contributed by atoms with van der Waals surface area (Å²) >= 11 is 0. The van der Waals surface area contributed by atoms with Crippen LogP contribution in [0.15, 0.2) is 18.2 Å². The molecule has 132 valence electrons. The number of hydrogen-bond donors (Lipinski definition) is 2. The van der Waals surface area contributed by atoms with E-state index in [1.807, 2.05) is 0 Å². The number of alkyl carbamates (subject to hydrolysis) is 1. The molecular formula is C17H23FN2O4. The van der Waals surface area contributed by atoms with Crippen LogP contribution in [0.25, 0.3) is 0 Å². The van der Waals surface area contributed by atoms with Crippen molar-refractivity contribution in [2.24, 2.45) is 0 Å². The van der Waals surface area contributed by atoms with Gasteiger partial charge in [0, 0.05) is 24.9 Å². The van der Waals surface area contributed by atoms with Gasteiger partial charge >= 0.3 is 6.09 Å². The maximum absolute atomic E-state index is 14.4. The van der Waals surface area contributed by atoms with E-state index < -0.39 is 29.5 Å². The second kappa shape index (κ2) is 7.07. The number of carbonyl (C=O) groups excluding carboxylic acids is 2. The number of piperidine rings is 1. The molecule has 1 heterocycles. The Kier molecular flexibility index (Phi) is 5.31. The van der Waals surface area contributed by atoms with E-state index >= 15 is 0 Å². The van der Waals surface area contributed by atoms with E-state index in [1.54, 1.807) is 32.9 Å². The third-order valence-corrected chi connectivity index (χ3v) is 3.72. The summed E-state index contributed by atoms with van der Waals surface area (Å²) in [6.07, 6.45) is -0.508. The van der Waals surface area contributed by atoms with E-state index in [1.165, 1.54) is 13.2 Å². The molecule has 2 amide bonds. The molecule has 24 heavy (non-hydrogen) atoms. The van der Waals surface area contributed by atoms with Crippen molar-refractivity contribution in [2.75, 3.05) is 13.7 Å². The predicted molar refractivity (Wildman–Crippen MR) is 86.5 cm³/mol. The maximum Gasteiger partial charge on any atom is 0.407 e. The molecule has 0 aliphatic carbocycles. The Morgan fingerprint density at radius 1 is 1.38 bits per heavy atom. The van der Waals surface area contributed by atoms with Crippen LogP contribution in [0.3, 0.4) is 0 Å². The van der Waals surface area contributed by atoms with Gasteiger partial charge in [0.2, 0.25) is 5.91 Å². The van der Waals surface area contributed by atoms with E-state index in [0.29, 0.717) is 11.3 Å². The fraction of sp³-hybridized carbons (Fsp3) is 0.529. The zero-order valence-corrected chi connectivity index (χ0v) is 14.3. The van der Waals surface area contributed by atoms with Gasteiger partial charge in [-0.2, -0.15) is 0 Å². The first-order valence-corrected chi connectivity index (χ1v) is 7.79. The number of benzene rings is 1. The van der Waals surface area contributed by atoms with Crippen LogP contribution in [0.4, 0.5) is 9.18 Å². The van der Waals surface area contributed by atoms with Crippen molar-refractivity contribution >= 4 is 12.0 Å². The highest BCUT2D eigenvalue weighted by atomic mass is 19.1. The molecule has 0 aromatic heterocycles. The predicted octanol–water partition coefficient (Wildman–Crippen LogP) is 2.33. The highest BCUT2D eigenvalue weighted by molar-refractivity contribution is 5.79. The van der Waals surface area contributed by atoms with Crippen LogP contribution >= 0.6 is 0 Å². The fourth-order valence-electron chi connectivity index (χ4n) is 2.65. The van der Waals surface area contributed by atoms with Gasteiger partial charge in [0.1, 0.15) is 17.2 Å². The molecule has 1 aliphatic rings. The van der Waals surface area contributed by atoms with Gasteiger partial charge < -0.3 is 20.1 Å². The minimum absolute atomic E-state index is 0.0870. The van der Waals surface area contributed by atoms with Crippen molar-refractivity contribution in [3.63, 3.8) is 0 Å². The third kappa shape index (κ3) is 4.59. The molecule has 1 saturated heterocycles. The second-order valence-corrected chi connectivity index (χ2v) is 6.75. The molecule has 2 N–H and O–H groups in total. The standard InChI is InChI=1S/C17H23FN2O4/c1-17(2,3)24-16(22)20-14-9-19-15(21)8-12(14)11-6-5-10(23-4)7-13(11)18/h5-7,12,14H,8-9H2,1-4H3,(H,19,21)(H,20,22)/t12?,14-/m1/s1. The van der Waals surface area contributed by atoms with Gasteiger partial charge in [-0.25, -0.2) is 9.18 Å². The number of nitrogens with one attached hydrogen (secondary N) is 2. The lowest BCUT2D eigenvalue weighted by Crippen LogP contribution is -2.53. The number of halogens is 1. The molecule has 1 aliphatic heterocycles. The lowest BCUT2D eigenvalue weighted by Gasteiger charge is -2.33. The minimum Gasteiger partial charge on any atom is -0.497 e. The Bertz CT molecular complexity index is 628. The highest BCUT2D eigenvalue weighted by Gasteiger charge is 2.34. The van der Waals surface area contributed by atoms with Gasteiger partial charge in [-0.3, -0.25) is 4.79 Å². The number of amides is 2. The molecule has 1 aromatic rings. The molecule has 2 rings (SSSR count). The van der Waals surface area contributed by atoms with E-state index in [9.17, 15) is 14.0 Å². The lowest BCUT2D eigenvalue weighted by atomic mass is 9.85. The number of hydrogen-bond acceptors (Lipinski definition) is 4. The van der Waals surface area contributed by atoms with Crippen molar-refractivity contribution in [1.29, 1.82) is 0 Å². The van der Waals surface area contributed by atoms with Crippen molar-refractivity contribution < 1.29 is 23.5 Å². The van der Waals surface area contributed by atoms with Gasteiger partial charge in [0.05, 0.1) is 13.2 Å². The van der Waals surface area contributed by atoms with E-state index in [2.05, 4.69) is 10.6 Å². The average Bonchev–Trinajstić information content (AvgIpc) is 2.47. The Balaban J connectivity index is 2.20. The summed E-state index contributed by atoms with van der Waals surface area (Å²) in [7, 11) is 1.45. The summed E-state index contributed by atoms with van der Waals surface area (Å²) in [6, 6.07) is 4.03. The first kappa shape index (κ1) is 18.0. The van der Waals surface area contributed by atoms with Gasteiger partial charge in [0.15, 0.2) is 0 Å². The molecule has 6 nitrogen and oxygen atoms in total. The average molecular weight is 338 g/mol. The number of rotatable bonds is 3. The van der Waals surface area contributed by atoms with E-state index in [-0.39, 0.29) is 18.9 Å². The molecule has 0 saturated carbocycles. The fourth-order valence-corrected chi connectivity index (χ4v) is 2.65. The molecule has 1 fully saturated rings. The molecular weight excluding hydrogens is 315 g/mol. The van der Waals surface area contributed by atoms with Crippen molar-refractivity contribution in [2.45, 2.75) is 44.8 Å². The molecule has 1 unspecified atom stereocenters. The number of ether oxygens (including phenoxy) is 2. The zero-order valence-electron chi connectivity index (χ0n) is 14.3. The first-order chi connectivity index (χ1) is 11.2. The Morgan fingerprint density at radius 2 is 2.08 bits per heavy atom. The summed E-state index contributed by atoms with van der Waals surface area (Å²) in [5, 5.41) is 5.41. The molecule has 0 spiro atoms. The second-order valence-electron chi connectivity index (χ2n) is 6.75. The van der Waals surface area contributed by atoms with Crippen molar-refractivity contribution in [1.82, 2.24) is 10.6 Å². The summed E-state index contributed by atoms with van der Waals surface area (Å²) in [5.41, 5.74) is -0.269. The number of methoxy groups -OCH3 is 1. The molecule has 7 heteroatoms. The maximum atomic E-state index is 14.4. The summed E-state index contributed by atoms with van der Waals surface area (Å²) < 4.78 is 24.6. The Labute approximate surface area is 140 Å². The van der Waals surface area contributed by atoms with Gasteiger partial charge in [-0.05, 0) is 32.4 Å². The van der Waals surface area contributed by atoms with Crippen LogP contribution in [-0.2, 0) is 9.53 Å². The van der Waals surface area contributed by atoms with Gasteiger partial charge in [-0.15, -0.1) is 0 Å². The van der Waals surface area contributed by atoms with Crippen LogP contribution in [0, 0.1) is 5.82 Å². The smallest absolute Gasteiger partial charge is 0.407 e. The first-order valence-electron chi connectivity index (χ1n) is 7.79. The third-order valence-electron chi connectivity index (χ3n) is 3.72. The van der Waals surface area contributed by atoms with Crippen LogP contribution in [-0.4, -0.2) is 37.3 Å². The zero-order chi connectivity index (χ0) is 17.9. The largest absolute Gasteiger partial charge is 0.497 e. The molecule has 1 aromatic carbocycles. The van der Waals surface area contributed by atoms with E-state index in [0.717, 1.165) is 0 Å². The minimum atomic E-state index is -0.636. The SMILES string of the molecule is COc1ccc(C2CC(=O)NC[C@H]2NC(=O)OC(C)(C)C)c(F)c1. The van der Waals surface area contributed by atoms with Crippen LogP contribution < -0.4 is 15.4 Å². The monoisotopic (exact) mass is 338 g/mol. The van der Waals surface area contributed by atoms with Gasteiger partial charge in [-0.1, -0.05) is 6.07 Å². The summed E-state index contributed by atoms with van der Waals surface area (Å²) in [4.78, 5) is 23.8. The Hall–Kier alpha value is -2.31. The Morgan fingerprint density at radius 3 is 2.67 bits per heavy atom. The number of carbonyl (C=O) groups is 2. The van der Waals surface area contributed by atoms with Gasteiger partial charge in [0.25, 0.3) is 0 Å².